The highest BCUT2D eigenvalue weighted by Crippen LogP contribution is 2.30. The second kappa shape index (κ2) is 8.96. The number of halogens is 3. The van der Waals surface area contributed by atoms with Gasteiger partial charge in [0.25, 0.3) is 11.8 Å². The number of fused-ring (bicyclic) bond motifs is 1. The van der Waals surface area contributed by atoms with E-state index in [1.54, 1.807) is 49.4 Å². The number of benzene rings is 3. The van der Waals surface area contributed by atoms with Crippen LogP contribution in [0, 0.1) is 11.6 Å². The van der Waals surface area contributed by atoms with E-state index < -0.39 is 17.7 Å². The second-order valence-electron chi connectivity index (χ2n) is 7.49. The van der Waals surface area contributed by atoms with Gasteiger partial charge in [0.05, 0.1) is 10.6 Å². The zero-order valence-electron chi connectivity index (χ0n) is 17.1. The van der Waals surface area contributed by atoms with E-state index in [-0.39, 0.29) is 24.9 Å². The van der Waals surface area contributed by atoms with Crippen LogP contribution in [0.4, 0.5) is 14.5 Å². The maximum Gasteiger partial charge on any atom is 0.263 e. The van der Waals surface area contributed by atoms with Gasteiger partial charge < -0.3 is 15.0 Å². The lowest BCUT2D eigenvalue weighted by Crippen LogP contribution is -2.37. The summed E-state index contributed by atoms with van der Waals surface area (Å²) < 4.78 is 33.0. The van der Waals surface area contributed by atoms with E-state index in [1.165, 1.54) is 17.0 Å². The monoisotopic (exact) mass is 456 g/mol. The Balaban J connectivity index is 1.59. The van der Waals surface area contributed by atoms with Gasteiger partial charge in [0.15, 0.2) is 6.10 Å². The molecule has 0 radical (unpaired) electrons. The number of anilines is 1. The number of hydrogen-bond acceptors (Lipinski definition) is 3. The molecule has 3 aromatic carbocycles. The van der Waals surface area contributed by atoms with Gasteiger partial charge in [-0.15, -0.1) is 0 Å². The minimum atomic E-state index is -0.779. The van der Waals surface area contributed by atoms with Crippen molar-refractivity contribution in [2.24, 2.45) is 0 Å². The third-order valence-electron chi connectivity index (χ3n) is 5.06. The van der Waals surface area contributed by atoms with Crippen LogP contribution in [0.5, 0.6) is 5.75 Å². The fourth-order valence-corrected chi connectivity index (χ4v) is 3.80. The van der Waals surface area contributed by atoms with E-state index in [9.17, 15) is 18.4 Å². The van der Waals surface area contributed by atoms with Gasteiger partial charge in [0.2, 0.25) is 0 Å². The van der Waals surface area contributed by atoms with Crippen LogP contribution in [-0.2, 0) is 17.9 Å². The topological polar surface area (TPSA) is 58.6 Å². The van der Waals surface area contributed by atoms with E-state index in [2.05, 4.69) is 5.32 Å². The van der Waals surface area contributed by atoms with E-state index in [0.717, 1.165) is 6.07 Å². The highest BCUT2D eigenvalue weighted by Gasteiger charge is 2.28. The molecular weight excluding hydrogens is 438 g/mol. The van der Waals surface area contributed by atoms with Crippen molar-refractivity contribution in [2.45, 2.75) is 26.1 Å². The smallest absolute Gasteiger partial charge is 0.263 e. The van der Waals surface area contributed by atoms with Crippen LogP contribution in [0.15, 0.2) is 60.7 Å². The van der Waals surface area contributed by atoms with Gasteiger partial charge in [-0.3, -0.25) is 9.59 Å². The Morgan fingerprint density at radius 1 is 1.12 bits per heavy atom. The van der Waals surface area contributed by atoms with Crippen LogP contribution in [0.1, 0.15) is 28.4 Å². The summed E-state index contributed by atoms with van der Waals surface area (Å²) in [5.41, 5.74) is 1.81. The van der Waals surface area contributed by atoms with Gasteiger partial charge >= 0.3 is 0 Å². The Bertz CT molecular complexity index is 1180. The van der Waals surface area contributed by atoms with Crippen molar-refractivity contribution in [1.29, 1.82) is 0 Å². The van der Waals surface area contributed by atoms with E-state index in [4.69, 9.17) is 16.3 Å². The van der Waals surface area contributed by atoms with Crippen molar-refractivity contribution in [1.82, 2.24) is 4.90 Å². The highest BCUT2D eigenvalue weighted by atomic mass is 35.5. The molecule has 4 rings (SSSR count). The van der Waals surface area contributed by atoms with Crippen LogP contribution in [0.25, 0.3) is 0 Å². The largest absolute Gasteiger partial charge is 0.481 e. The quantitative estimate of drug-likeness (QED) is 0.588. The van der Waals surface area contributed by atoms with E-state index in [1.807, 2.05) is 0 Å². The molecule has 1 unspecified atom stereocenters. The van der Waals surface area contributed by atoms with Crippen molar-refractivity contribution in [2.75, 3.05) is 5.32 Å². The average molecular weight is 457 g/mol. The van der Waals surface area contributed by atoms with Crippen molar-refractivity contribution in [3.8, 4) is 5.75 Å². The Morgan fingerprint density at radius 3 is 2.56 bits per heavy atom. The lowest BCUT2D eigenvalue weighted by Gasteiger charge is -2.22. The standard InChI is InChI=1S/C24H19ClF2N2O3/c1-14-24(31)29(12-15-8-17(26)11-18(27)9-15)13-16-10-19(6-7-22(16)32-14)28-23(30)20-4-2-3-5-21(20)25/h2-11,14H,12-13H2,1H3,(H,28,30). The van der Waals surface area contributed by atoms with Gasteiger partial charge in [0, 0.05) is 30.4 Å². The van der Waals surface area contributed by atoms with Crippen LogP contribution in [-0.4, -0.2) is 22.8 Å². The van der Waals surface area contributed by atoms with E-state index in [0.29, 0.717) is 33.1 Å². The van der Waals surface area contributed by atoms with Gasteiger partial charge in [-0.05, 0) is 55.0 Å². The zero-order chi connectivity index (χ0) is 22.8. The molecule has 1 aliphatic rings. The summed E-state index contributed by atoms with van der Waals surface area (Å²) >= 11 is 6.09. The predicted octanol–water partition coefficient (Wildman–Crippen LogP) is 5.18. The molecular formula is C24H19ClF2N2O3. The number of carbonyl (C=O) groups is 2. The molecule has 0 spiro atoms. The van der Waals surface area contributed by atoms with Crippen LogP contribution in [0.3, 0.4) is 0 Å². The van der Waals surface area contributed by atoms with Crippen LogP contribution >= 0.6 is 11.6 Å². The van der Waals surface area contributed by atoms with Gasteiger partial charge in [-0.2, -0.15) is 0 Å². The normalized spacial score (nSPS) is 15.6. The second-order valence-corrected chi connectivity index (χ2v) is 7.90. The SMILES string of the molecule is CC1Oc2ccc(NC(=O)c3ccccc3Cl)cc2CN(Cc2cc(F)cc(F)c2)C1=O. The number of rotatable bonds is 4. The summed E-state index contributed by atoms with van der Waals surface area (Å²) in [6, 6.07) is 14.9. The highest BCUT2D eigenvalue weighted by molar-refractivity contribution is 6.34. The molecule has 0 bridgehead atoms. The molecule has 1 atom stereocenters. The molecule has 0 aliphatic carbocycles. The van der Waals surface area contributed by atoms with Crippen LogP contribution < -0.4 is 10.1 Å². The Kier molecular flexibility index (Phi) is 6.10. The van der Waals surface area contributed by atoms with Gasteiger partial charge in [-0.25, -0.2) is 8.78 Å². The van der Waals surface area contributed by atoms with Crippen molar-refractivity contribution < 1.29 is 23.1 Å². The number of amides is 2. The average Bonchev–Trinajstić information content (AvgIpc) is 2.84. The Morgan fingerprint density at radius 2 is 1.84 bits per heavy atom. The molecule has 5 nitrogen and oxygen atoms in total. The molecule has 1 heterocycles. The zero-order valence-corrected chi connectivity index (χ0v) is 17.8. The lowest BCUT2D eigenvalue weighted by atomic mass is 10.1. The molecule has 0 fully saturated rings. The minimum Gasteiger partial charge on any atom is -0.481 e. The van der Waals surface area contributed by atoms with Crippen molar-refractivity contribution in [3.63, 3.8) is 0 Å². The third kappa shape index (κ3) is 4.73. The molecule has 1 aliphatic heterocycles. The fourth-order valence-electron chi connectivity index (χ4n) is 3.58. The summed E-state index contributed by atoms with van der Waals surface area (Å²) in [5, 5.41) is 3.12. The molecule has 2 amide bonds. The summed E-state index contributed by atoms with van der Waals surface area (Å²) in [6.07, 6.45) is -0.779. The third-order valence-corrected chi connectivity index (χ3v) is 5.39. The number of nitrogens with zero attached hydrogens (tertiary/aromatic N) is 1. The first-order chi connectivity index (χ1) is 15.3. The van der Waals surface area contributed by atoms with Crippen molar-refractivity contribution >= 4 is 29.1 Å². The molecule has 0 aromatic heterocycles. The van der Waals surface area contributed by atoms with Gasteiger partial charge in [0.1, 0.15) is 17.4 Å². The molecule has 0 saturated carbocycles. The molecule has 0 saturated heterocycles. The first-order valence-corrected chi connectivity index (χ1v) is 10.3. The molecule has 164 valence electrons. The number of nitrogens with one attached hydrogen (secondary N) is 1. The number of ether oxygens (including phenoxy) is 1. The first-order valence-electron chi connectivity index (χ1n) is 9.89. The Labute approximate surface area is 188 Å². The maximum atomic E-state index is 13.6. The minimum absolute atomic E-state index is 0.0108. The number of carbonyl (C=O) groups excluding carboxylic acids is 2. The molecule has 8 heteroatoms. The van der Waals surface area contributed by atoms with E-state index >= 15 is 0 Å². The maximum absolute atomic E-state index is 13.6. The predicted molar refractivity (Wildman–Crippen MR) is 117 cm³/mol. The summed E-state index contributed by atoms with van der Waals surface area (Å²) in [7, 11) is 0. The summed E-state index contributed by atoms with van der Waals surface area (Å²) in [4.78, 5) is 26.8. The summed E-state index contributed by atoms with van der Waals surface area (Å²) in [6.45, 7) is 1.77. The van der Waals surface area contributed by atoms with Gasteiger partial charge in [-0.1, -0.05) is 23.7 Å². The Hall–Kier alpha value is -3.45. The first kappa shape index (κ1) is 21.8. The fraction of sp³-hybridized carbons (Fsp3) is 0.167. The lowest BCUT2D eigenvalue weighted by molar-refractivity contribution is -0.138. The molecule has 1 N–H and O–H groups in total. The summed E-state index contributed by atoms with van der Waals surface area (Å²) in [5.74, 6) is -1.61. The van der Waals surface area contributed by atoms with Crippen molar-refractivity contribution in [3.05, 3.63) is 94.0 Å². The van der Waals surface area contributed by atoms with Crippen LogP contribution in [0.2, 0.25) is 5.02 Å². The number of hydrogen-bond donors (Lipinski definition) is 1. The molecule has 3 aromatic rings. The molecule has 32 heavy (non-hydrogen) atoms.